The van der Waals surface area contributed by atoms with E-state index in [1.54, 1.807) is 0 Å². The lowest BCUT2D eigenvalue weighted by molar-refractivity contribution is 0.122. The van der Waals surface area contributed by atoms with E-state index >= 15 is 0 Å². The van der Waals surface area contributed by atoms with E-state index in [1.165, 1.54) is 48.7 Å². The molecule has 1 aliphatic heterocycles. The van der Waals surface area contributed by atoms with Crippen molar-refractivity contribution >= 4 is 28.2 Å². The number of hydrogen-bond acceptors (Lipinski definition) is 4. The van der Waals surface area contributed by atoms with Crippen molar-refractivity contribution in [3.8, 4) is 0 Å². The summed E-state index contributed by atoms with van der Waals surface area (Å²) in [5.74, 6) is 1.59. The van der Waals surface area contributed by atoms with Gasteiger partial charge in [0.15, 0.2) is 0 Å². The zero-order chi connectivity index (χ0) is 19.6. The topological polar surface area (TPSA) is 42.3 Å². The molecule has 0 bridgehead atoms. The number of rotatable bonds is 4. The largest absolute Gasteiger partial charge is 0.378 e. The number of morpholine rings is 1. The van der Waals surface area contributed by atoms with Gasteiger partial charge in [-0.3, -0.25) is 0 Å². The number of aryl methyl sites for hydroxylation is 1. The molecule has 1 aliphatic carbocycles. The first-order valence-electron chi connectivity index (χ1n) is 10.9. The second kappa shape index (κ2) is 8.07. The number of nitrogens with one attached hydrogen (secondary N) is 1. The lowest BCUT2D eigenvalue weighted by Gasteiger charge is -2.28. The number of fused-ring (bicyclic) bond motifs is 1. The van der Waals surface area contributed by atoms with Gasteiger partial charge < -0.3 is 19.5 Å². The van der Waals surface area contributed by atoms with Crippen LogP contribution < -0.4 is 10.2 Å². The Labute approximate surface area is 172 Å². The van der Waals surface area contributed by atoms with Crippen LogP contribution in [0.25, 0.3) is 11.0 Å². The van der Waals surface area contributed by atoms with Crippen LogP contribution in [0.4, 0.5) is 17.2 Å². The molecule has 1 N–H and O–H groups in total. The maximum atomic E-state index is 5.44. The van der Waals surface area contributed by atoms with Crippen LogP contribution in [0, 0.1) is 0 Å². The molecule has 3 heterocycles. The number of benzene rings is 1. The number of ether oxygens (including phenoxy) is 1. The fourth-order valence-electron chi connectivity index (χ4n) is 4.82. The normalized spacial score (nSPS) is 18.3. The Morgan fingerprint density at radius 1 is 0.966 bits per heavy atom. The van der Waals surface area contributed by atoms with E-state index in [4.69, 9.17) is 9.72 Å². The SMILES string of the molecule is Cn1cc(C2CCCCC2)c2ccc(Nc3ccc(N4CCOCC4)cc3)nc21. The van der Waals surface area contributed by atoms with Gasteiger partial charge in [-0.05, 0) is 60.7 Å². The van der Waals surface area contributed by atoms with E-state index in [9.17, 15) is 0 Å². The molecule has 5 nitrogen and oxygen atoms in total. The summed E-state index contributed by atoms with van der Waals surface area (Å²) in [7, 11) is 2.11. The highest BCUT2D eigenvalue weighted by atomic mass is 16.5. The lowest BCUT2D eigenvalue weighted by Crippen LogP contribution is -2.36. The third-order valence-electron chi connectivity index (χ3n) is 6.41. The Morgan fingerprint density at radius 2 is 1.72 bits per heavy atom. The first kappa shape index (κ1) is 18.5. The molecular weight excluding hydrogens is 360 g/mol. The second-order valence-corrected chi connectivity index (χ2v) is 8.37. The molecule has 2 aliphatic rings. The van der Waals surface area contributed by atoms with Crippen LogP contribution in [0.15, 0.2) is 42.6 Å². The fraction of sp³-hybridized carbons (Fsp3) is 0.458. The molecule has 2 fully saturated rings. The average molecular weight is 391 g/mol. The van der Waals surface area contributed by atoms with Gasteiger partial charge in [0.1, 0.15) is 11.5 Å². The smallest absolute Gasteiger partial charge is 0.142 e. The second-order valence-electron chi connectivity index (χ2n) is 8.37. The van der Waals surface area contributed by atoms with Crippen LogP contribution >= 0.6 is 0 Å². The fourth-order valence-corrected chi connectivity index (χ4v) is 4.82. The number of aromatic nitrogens is 2. The molecule has 1 saturated carbocycles. The van der Waals surface area contributed by atoms with Crippen molar-refractivity contribution in [1.29, 1.82) is 0 Å². The highest BCUT2D eigenvalue weighted by Gasteiger charge is 2.20. The van der Waals surface area contributed by atoms with Crippen molar-refractivity contribution in [3.63, 3.8) is 0 Å². The van der Waals surface area contributed by atoms with E-state index in [0.717, 1.165) is 43.5 Å². The summed E-state index contributed by atoms with van der Waals surface area (Å²) in [6.45, 7) is 3.54. The van der Waals surface area contributed by atoms with Gasteiger partial charge in [0.2, 0.25) is 0 Å². The minimum Gasteiger partial charge on any atom is -0.378 e. The van der Waals surface area contributed by atoms with Crippen LogP contribution in [0.5, 0.6) is 0 Å². The molecular formula is C24H30N4O. The Kier molecular flexibility index (Phi) is 5.15. The van der Waals surface area contributed by atoms with Crippen LogP contribution in [-0.2, 0) is 11.8 Å². The molecule has 0 spiro atoms. The molecule has 2 aromatic heterocycles. The van der Waals surface area contributed by atoms with Gasteiger partial charge in [-0.25, -0.2) is 4.98 Å². The number of hydrogen-bond donors (Lipinski definition) is 1. The van der Waals surface area contributed by atoms with Crippen molar-refractivity contribution in [2.24, 2.45) is 7.05 Å². The molecule has 1 saturated heterocycles. The standard InChI is InChI=1S/C24H30N4O/c1-27-17-22(18-5-3-2-4-6-18)21-11-12-23(26-24(21)27)25-19-7-9-20(10-8-19)28-13-15-29-16-14-28/h7-12,17-18H,2-6,13-16H2,1H3,(H,25,26). The van der Waals surface area contributed by atoms with E-state index in [2.05, 4.69) is 64.4 Å². The minimum absolute atomic E-state index is 0.695. The summed E-state index contributed by atoms with van der Waals surface area (Å²) >= 11 is 0. The summed E-state index contributed by atoms with van der Waals surface area (Å²) in [5, 5.41) is 4.79. The van der Waals surface area contributed by atoms with E-state index in [0.29, 0.717) is 5.92 Å². The van der Waals surface area contributed by atoms with Crippen LogP contribution in [-0.4, -0.2) is 35.9 Å². The monoisotopic (exact) mass is 390 g/mol. The summed E-state index contributed by atoms with van der Waals surface area (Å²) in [4.78, 5) is 7.29. The van der Waals surface area contributed by atoms with Gasteiger partial charge in [-0.1, -0.05) is 19.3 Å². The molecule has 0 amide bonds. The molecule has 5 rings (SSSR count). The predicted octanol–water partition coefficient (Wildman–Crippen LogP) is 5.20. The zero-order valence-electron chi connectivity index (χ0n) is 17.2. The van der Waals surface area contributed by atoms with Crippen molar-refractivity contribution in [1.82, 2.24) is 9.55 Å². The molecule has 0 atom stereocenters. The zero-order valence-corrected chi connectivity index (χ0v) is 17.2. The molecule has 3 aromatic rings. The maximum Gasteiger partial charge on any atom is 0.142 e. The predicted molar refractivity (Wildman–Crippen MR) is 119 cm³/mol. The molecule has 1 aromatic carbocycles. The van der Waals surface area contributed by atoms with Gasteiger partial charge >= 0.3 is 0 Å². The van der Waals surface area contributed by atoms with E-state index in [1.807, 2.05) is 0 Å². The van der Waals surface area contributed by atoms with Crippen molar-refractivity contribution < 1.29 is 4.74 Å². The highest BCUT2D eigenvalue weighted by molar-refractivity contribution is 5.83. The average Bonchev–Trinajstić information content (AvgIpc) is 3.11. The van der Waals surface area contributed by atoms with Gasteiger partial charge in [0.25, 0.3) is 0 Å². The molecule has 152 valence electrons. The third kappa shape index (κ3) is 3.84. The van der Waals surface area contributed by atoms with Crippen LogP contribution in [0.1, 0.15) is 43.6 Å². The summed E-state index contributed by atoms with van der Waals surface area (Å²) < 4.78 is 7.63. The Bertz CT molecular complexity index is 966. The summed E-state index contributed by atoms with van der Waals surface area (Å²) in [6, 6.07) is 13.0. The van der Waals surface area contributed by atoms with Crippen molar-refractivity contribution in [3.05, 3.63) is 48.2 Å². The Hall–Kier alpha value is -2.53. The maximum absolute atomic E-state index is 5.44. The number of nitrogens with zero attached hydrogens (tertiary/aromatic N) is 3. The van der Waals surface area contributed by atoms with E-state index < -0.39 is 0 Å². The molecule has 5 heteroatoms. The van der Waals surface area contributed by atoms with Crippen molar-refractivity contribution in [2.45, 2.75) is 38.0 Å². The quantitative estimate of drug-likeness (QED) is 0.665. The first-order chi connectivity index (χ1) is 14.3. The molecule has 0 radical (unpaired) electrons. The van der Waals surface area contributed by atoms with Gasteiger partial charge in [0.05, 0.1) is 13.2 Å². The number of anilines is 3. The van der Waals surface area contributed by atoms with Gasteiger partial charge in [0, 0.05) is 43.1 Å². The van der Waals surface area contributed by atoms with Crippen molar-refractivity contribution in [2.75, 3.05) is 36.5 Å². The first-order valence-corrected chi connectivity index (χ1v) is 10.9. The number of pyridine rings is 1. The van der Waals surface area contributed by atoms with E-state index in [-0.39, 0.29) is 0 Å². The summed E-state index contributed by atoms with van der Waals surface area (Å²) in [6.07, 6.45) is 9.03. The van der Waals surface area contributed by atoms with Crippen LogP contribution in [0.3, 0.4) is 0 Å². The van der Waals surface area contributed by atoms with Gasteiger partial charge in [-0.15, -0.1) is 0 Å². The minimum atomic E-state index is 0.695. The van der Waals surface area contributed by atoms with Gasteiger partial charge in [-0.2, -0.15) is 0 Å². The highest BCUT2D eigenvalue weighted by Crippen LogP contribution is 2.37. The molecule has 29 heavy (non-hydrogen) atoms. The summed E-state index contributed by atoms with van der Waals surface area (Å²) in [5.41, 5.74) is 4.87. The third-order valence-corrected chi connectivity index (χ3v) is 6.41. The molecule has 0 unspecified atom stereocenters. The Morgan fingerprint density at radius 3 is 2.48 bits per heavy atom. The lowest BCUT2D eigenvalue weighted by atomic mass is 9.84. The Balaban J connectivity index is 1.34. The van der Waals surface area contributed by atoms with Crippen LogP contribution in [0.2, 0.25) is 0 Å².